The Morgan fingerprint density at radius 2 is 1.56 bits per heavy atom. The molecule has 1 aliphatic heterocycles. The Bertz CT molecular complexity index is 1190. The van der Waals surface area contributed by atoms with Crippen LogP contribution in [0, 0.1) is 5.82 Å². The first kappa shape index (κ1) is 25.5. The third-order valence-electron chi connectivity index (χ3n) is 6.22. The Morgan fingerprint density at radius 3 is 2.17 bits per heavy atom. The van der Waals surface area contributed by atoms with Crippen LogP contribution < -0.4 is 5.32 Å². The molecule has 36 heavy (non-hydrogen) atoms. The number of rotatable bonds is 7. The van der Waals surface area contributed by atoms with E-state index in [1.165, 1.54) is 4.90 Å². The maximum absolute atomic E-state index is 13.6. The van der Waals surface area contributed by atoms with Crippen LogP contribution >= 0.6 is 0 Å². The molecule has 1 unspecified atom stereocenters. The summed E-state index contributed by atoms with van der Waals surface area (Å²) in [6.45, 7) is 1.24. The lowest BCUT2D eigenvalue weighted by molar-refractivity contribution is -0.138. The van der Waals surface area contributed by atoms with Gasteiger partial charge in [0, 0.05) is 32.7 Å². The van der Waals surface area contributed by atoms with Crippen LogP contribution in [-0.2, 0) is 17.5 Å². The molecule has 0 bridgehead atoms. The highest BCUT2D eigenvalue weighted by Gasteiger charge is 2.37. The Labute approximate surface area is 206 Å². The lowest BCUT2D eigenvalue weighted by Gasteiger charge is -2.38. The zero-order valence-electron chi connectivity index (χ0n) is 19.3. The van der Waals surface area contributed by atoms with Crippen molar-refractivity contribution in [3.63, 3.8) is 0 Å². The van der Waals surface area contributed by atoms with Gasteiger partial charge in [-0.05, 0) is 34.9 Å². The quantitative estimate of drug-likeness (QED) is 0.382. The van der Waals surface area contributed by atoms with Crippen molar-refractivity contribution in [1.82, 2.24) is 15.1 Å². The lowest BCUT2D eigenvalue weighted by atomic mass is 10.0. The number of benzene rings is 3. The highest BCUT2D eigenvalue weighted by atomic mass is 19.4. The molecule has 1 saturated heterocycles. The lowest BCUT2D eigenvalue weighted by Crippen LogP contribution is -2.56. The molecule has 1 fully saturated rings. The highest BCUT2D eigenvalue weighted by molar-refractivity contribution is 5.96. The Hall–Kier alpha value is -3.56. The zero-order chi connectivity index (χ0) is 25.7. The number of amides is 1. The molecular formula is C27H25F4N3O2. The number of piperazine rings is 1. The fourth-order valence-electron chi connectivity index (χ4n) is 4.25. The molecule has 1 amide bonds. The van der Waals surface area contributed by atoms with Crippen molar-refractivity contribution in [3.05, 3.63) is 95.3 Å². The number of alkyl halides is 3. The minimum absolute atomic E-state index is 0.116. The van der Waals surface area contributed by atoms with Crippen LogP contribution in [0.25, 0.3) is 11.1 Å². The number of hydrogen-bond acceptors (Lipinski definition) is 4. The number of carbonyl (C=O) groups excluding carboxylic acids is 2. The summed E-state index contributed by atoms with van der Waals surface area (Å²) < 4.78 is 53.5. The fraction of sp³-hybridized carbons (Fsp3) is 0.259. The normalized spacial score (nSPS) is 15.5. The van der Waals surface area contributed by atoms with Gasteiger partial charge >= 0.3 is 6.18 Å². The zero-order valence-corrected chi connectivity index (χ0v) is 19.3. The molecule has 1 heterocycles. The Morgan fingerprint density at radius 1 is 0.917 bits per heavy atom. The fourth-order valence-corrected chi connectivity index (χ4v) is 4.25. The van der Waals surface area contributed by atoms with Crippen LogP contribution in [0.4, 0.5) is 17.6 Å². The van der Waals surface area contributed by atoms with Crippen molar-refractivity contribution in [2.45, 2.75) is 18.9 Å². The molecule has 0 aromatic heterocycles. The number of halogens is 4. The van der Waals surface area contributed by atoms with E-state index in [9.17, 15) is 27.2 Å². The van der Waals surface area contributed by atoms with Gasteiger partial charge < -0.3 is 9.69 Å². The van der Waals surface area contributed by atoms with E-state index in [0.717, 1.165) is 23.0 Å². The van der Waals surface area contributed by atoms with Gasteiger partial charge in [-0.2, -0.15) is 13.2 Å². The van der Waals surface area contributed by atoms with Gasteiger partial charge in [0.15, 0.2) is 6.29 Å². The molecule has 1 N–H and O–H groups in total. The first-order valence-electron chi connectivity index (χ1n) is 11.5. The average Bonchev–Trinajstić information content (AvgIpc) is 2.89. The van der Waals surface area contributed by atoms with Crippen LogP contribution in [0.3, 0.4) is 0 Å². The minimum atomic E-state index is -4.77. The van der Waals surface area contributed by atoms with Crippen molar-refractivity contribution in [3.8, 4) is 11.1 Å². The molecule has 188 valence electrons. The Balaban J connectivity index is 1.34. The van der Waals surface area contributed by atoms with Gasteiger partial charge in [0.25, 0.3) is 5.91 Å². The predicted molar refractivity (Wildman–Crippen MR) is 127 cm³/mol. The van der Waals surface area contributed by atoms with Gasteiger partial charge in [-0.25, -0.2) is 4.39 Å². The van der Waals surface area contributed by atoms with Crippen LogP contribution in [0.5, 0.6) is 0 Å². The van der Waals surface area contributed by atoms with Crippen molar-refractivity contribution in [1.29, 1.82) is 0 Å². The van der Waals surface area contributed by atoms with E-state index in [1.54, 1.807) is 0 Å². The summed E-state index contributed by atoms with van der Waals surface area (Å²) >= 11 is 0. The van der Waals surface area contributed by atoms with Crippen molar-refractivity contribution >= 4 is 12.2 Å². The van der Waals surface area contributed by atoms with Crippen LogP contribution in [0.15, 0.2) is 72.8 Å². The monoisotopic (exact) mass is 499 g/mol. The molecule has 0 spiro atoms. The van der Waals surface area contributed by atoms with E-state index in [1.807, 2.05) is 59.5 Å². The molecule has 1 atom stereocenters. The summed E-state index contributed by atoms with van der Waals surface area (Å²) in [7, 11) is 0. The summed E-state index contributed by atoms with van der Waals surface area (Å²) in [5.41, 5.74) is 1.30. The molecule has 0 saturated carbocycles. The van der Waals surface area contributed by atoms with Crippen LogP contribution in [0.2, 0.25) is 0 Å². The summed E-state index contributed by atoms with van der Waals surface area (Å²) in [6.07, 6.45) is -4.62. The second kappa shape index (κ2) is 11.0. The molecule has 3 aromatic carbocycles. The van der Waals surface area contributed by atoms with E-state index < -0.39 is 35.2 Å². The maximum atomic E-state index is 13.6. The first-order valence-corrected chi connectivity index (χ1v) is 11.5. The molecule has 0 radical (unpaired) electrons. The van der Waals surface area contributed by atoms with E-state index in [0.29, 0.717) is 24.7 Å². The highest BCUT2D eigenvalue weighted by Crippen LogP contribution is 2.33. The average molecular weight is 500 g/mol. The van der Waals surface area contributed by atoms with Crippen LogP contribution in [-0.4, -0.2) is 54.3 Å². The van der Waals surface area contributed by atoms with Crippen LogP contribution in [0.1, 0.15) is 21.5 Å². The van der Waals surface area contributed by atoms with Crippen molar-refractivity contribution in [2.24, 2.45) is 0 Å². The summed E-state index contributed by atoms with van der Waals surface area (Å²) in [5.74, 6) is -1.79. The molecule has 4 rings (SSSR count). The topological polar surface area (TPSA) is 52.7 Å². The molecule has 0 aliphatic carbocycles. The summed E-state index contributed by atoms with van der Waals surface area (Å²) in [5, 5.41) is 3.18. The molecular weight excluding hydrogens is 474 g/mol. The molecule has 9 heteroatoms. The third kappa shape index (κ3) is 5.98. The summed E-state index contributed by atoms with van der Waals surface area (Å²) in [6, 6.07) is 19.8. The molecule has 5 nitrogen and oxygen atoms in total. The Kier molecular flexibility index (Phi) is 7.81. The van der Waals surface area contributed by atoms with E-state index in [-0.39, 0.29) is 26.2 Å². The van der Waals surface area contributed by atoms with Gasteiger partial charge in [0.05, 0.1) is 11.1 Å². The minimum Gasteiger partial charge on any atom is -0.336 e. The van der Waals surface area contributed by atoms with Gasteiger partial charge in [0.2, 0.25) is 0 Å². The number of carbonyl (C=O) groups is 2. The van der Waals surface area contributed by atoms with Gasteiger partial charge in [0.1, 0.15) is 12.0 Å². The van der Waals surface area contributed by atoms with Gasteiger partial charge in [-0.15, -0.1) is 0 Å². The standard InChI is InChI=1S/C27H25F4N3O2/c28-22-10-11-24(27(29,30)31)23(16-22)26(36)34-14-12-33(13-15-34)25(18-35)32-17-19-6-8-21(9-7-19)20-4-2-1-3-5-20/h1-11,16,18,25,32H,12-15,17H2. The van der Waals surface area contributed by atoms with E-state index in [4.69, 9.17) is 0 Å². The number of nitrogens with one attached hydrogen (secondary N) is 1. The van der Waals surface area contributed by atoms with Crippen molar-refractivity contribution < 1.29 is 27.2 Å². The second-order valence-electron chi connectivity index (χ2n) is 8.54. The van der Waals surface area contributed by atoms with Crippen molar-refractivity contribution in [2.75, 3.05) is 26.2 Å². The van der Waals surface area contributed by atoms with Gasteiger partial charge in [-0.3, -0.25) is 15.0 Å². The summed E-state index contributed by atoms with van der Waals surface area (Å²) in [4.78, 5) is 27.6. The molecule has 1 aliphatic rings. The van der Waals surface area contributed by atoms with Gasteiger partial charge in [-0.1, -0.05) is 54.6 Å². The maximum Gasteiger partial charge on any atom is 0.417 e. The third-order valence-corrected chi connectivity index (χ3v) is 6.22. The number of aldehydes is 1. The van der Waals surface area contributed by atoms with E-state index in [2.05, 4.69) is 5.32 Å². The smallest absolute Gasteiger partial charge is 0.336 e. The molecule has 3 aromatic rings. The number of nitrogens with zero attached hydrogens (tertiary/aromatic N) is 2. The number of hydrogen-bond donors (Lipinski definition) is 1. The predicted octanol–water partition coefficient (Wildman–Crippen LogP) is 4.58. The largest absolute Gasteiger partial charge is 0.417 e. The first-order chi connectivity index (χ1) is 17.3. The second-order valence-corrected chi connectivity index (χ2v) is 8.54. The van der Waals surface area contributed by atoms with E-state index >= 15 is 0 Å². The SMILES string of the molecule is O=CC(NCc1ccc(-c2ccccc2)cc1)N1CCN(C(=O)c2cc(F)ccc2C(F)(F)F)CC1.